The van der Waals surface area contributed by atoms with Crippen molar-refractivity contribution in [3.05, 3.63) is 6.20 Å². The Morgan fingerprint density at radius 1 is 1.47 bits per heavy atom. The van der Waals surface area contributed by atoms with Gasteiger partial charge in [0.2, 0.25) is 5.95 Å². The molecule has 0 saturated heterocycles. The molecule has 0 saturated carbocycles. The number of rotatable bonds is 6. The smallest absolute Gasteiger partial charge is 0.244 e. The minimum absolute atomic E-state index is 0.293. The highest BCUT2D eigenvalue weighted by molar-refractivity contribution is 5.37. The molecule has 0 unspecified atom stereocenters. The number of aromatic nitrogens is 3. The molecule has 0 atom stereocenters. The van der Waals surface area contributed by atoms with Gasteiger partial charge in [0.05, 0.1) is 12.8 Å². The summed E-state index contributed by atoms with van der Waals surface area (Å²) in [5, 5.41) is 13.9. The summed E-state index contributed by atoms with van der Waals surface area (Å²) in [6.07, 6.45) is 1.58. The second-order valence-electron chi connectivity index (χ2n) is 3.38. The highest BCUT2D eigenvalue weighted by Crippen LogP contribution is 2.03. The van der Waals surface area contributed by atoms with Crippen LogP contribution in [0.3, 0.4) is 0 Å². The molecule has 1 aromatic heterocycles. The van der Waals surface area contributed by atoms with Gasteiger partial charge in [-0.3, -0.25) is 0 Å². The maximum absolute atomic E-state index is 4.92. The number of nitrogens with zero attached hydrogens (tertiary/aromatic N) is 3. The average Bonchev–Trinajstić information content (AvgIpc) is 2.18. The van der Waals surface area contributed by atoms with E-state index in [2.05, 4.69) is 25.8 Å². The van der Waals surface area contributed by atoms with E-state index in [1.54, 1.807) is 13.3 Å². The van der Waals surface area contributed by atoms with Crippen molar-refractivity contribution in [1.29, 1.82) is 0 Å². The van der Waals surface area contributed by atoms with Crippen molar-refractivity contribution >= 4 is 11.8 Å². The highest BCUT2D eigenvalue weighted by atomic mass is 16.5. The lowest BCUT2D eigenvalue weighted by molar-refractivity contribution is 0.210. The number of nitrogens with one attached hydrogen (secondary N) is 2. The van der Waals surface area contributed by atoms with Crippen molar-refractivity contribution in [2.45, 2.75) is 19.9 Å². The second kappa shape index (κ2) is 6.13. The first-order chi connectivity index (χ1) is 7.22. The van der Waals surface area contributed by atoms with E-state index >= 15 is 0 Å². The third-order valence-electron chi connectivity index (χ3n) is 1.59. The molecular formula is C9H17N5O. The van der Waals surface area contributed by atoms with E-state index in [4.69, 9.17) is 4.74 Å². The average molecular weight is 211 g/mol. The number of methoxy groups -OCH3 is 1. The maximum Gasteiger partial charge on any atom is 0.244 e. The van der Waals surface area contributed by atoms with Crippen LogP contribution in [0.15, 0.2) is 6.20 Å². The van der Waals surface area contributed by atoms with Crippen LogP contribution in [0.5, 0.6) is 0 Å². The lowest BCUT2D eigenvalue weighted by Crippen LogP contribution is -2.15. The molecule has 1 rings (SSSR count). The number of anilines is 2. The molecule has 6 nitrogen and oxygen atoms in total. The Morgan fingerprint density at radius 3 is 2.93 bits per heavy atom. The zero-order valence-corrected chi connectivity index (χ0v) is 9.32. The van der Waals surface area contributed by atoms with Gasteiger partial charge in [-0.2, -0.15) is 10.1 Å². The van der Waals surface area contributed by atoms with Crippen molar-refractivity contribution in [2.75, 3.05) is 30.9 Å². The van der Waals surface area contributed by atoms with E-state index in [0.717, 1.165) is 0 Å². The normalized spacial score (nSPS) is 10.4. The molecule has 0 spiro atoms. The number of hydrogen-bond acceptors (Lipinski definition) is 6. The lowest BCUT2D eigenvalue weighted by atomic mass is 10.4. The quantitative estimate of drug-likeness (QED) is 0.676. The summed E-state index contributed by atoms with van der Waals surface area (Å²) in [6, 6.07) is 0.293. The lowest BCUT2D eigenvalue weighted by Gasteiger charge is -2.08. The Morgan fingerprint density at radius 2 is 2.27 bits per heavy atom. The van der Waals surface area contributed by atoms with Gasteiger partial charge >= 0.3 is 0 Å². The number of hydrogen-bond donors (Lipinski definition) is 2. The Kier molecular flexibility index (Phi) is 4.76. The molecule has 2 N–H and O–H groups in total. The Bertz CT molecular complexity index is 292. The minimum atomic E-state index is 0.293. The van der Waals surface area contributed by atoms with Gasteiger partial charge in [0.1, 0.15) is 0 Å². The van der Waals surface area contributed by atoms with E-state index in [1.165, 1.54) is 0 Å². The monoisotopic (exact) mass is 211 g/mol. The summed E-state index contributed by atoms with van der Waals surface area (Å²) >= 11 is 0. The molecule has 6 heteroatoms. The standard InChI is InChI=1S/C9H17N5O/c1-7(2)12-9-13-8(6-11-14-9)10-4-5-15-3/h6-7H,4-5H2,1-3H3,(H2,10,12,13,14). The molecule has 1 aromatic rings. The third-order valence-corrected chi connectivity index (χ3v) is 1.59. The Labute approximate surface area is 89.5 Å². The highest BCUT2D eigenvalue weighted by Gasteiger charge is 2.00. The van der Waals surface area contributed by atoms with Gasteiger partial charge in [0.25, 0.3) is 0 Å². The SMILES string of the molecule is COCCNc1cnnc(NC(C)C)n1. The first kappa shape index (κ1) is 11.6. The summed E-state index contributed by atoms with van der Waals surface area (Å²) in [5.74, 6) is 1.23. The van der Waals surface area contributed by atoms with E-state index in [-0.39, 0.29) is 0 Å². The summed E-state index contributed by atoms with van der Waals surface area (Å²) in [7, 11) is 1.66. The van der Waals surface area contributed by atoms with Crippen LogP contribution in [0.1, 0.15) is 13.8 Å². The molecule has 84 valence electrons. The van der Waals surface area contributed by atoms with Crippen LogP contribution < -0.4 is 10.6 Å². The molecule has 0 amide bonds. The van der Waals surface area contributed by atoms with Crippen molar-refractivity contribution < 1.29 is 4.74 Å². The Balaban J connectivity index is 2.50. The van der Waals surface area contributed by atoms with Crippen LogP contribution in [0.2, 0.25) is 0 Å². The predicted molar refractivity (Wildman–Crippen MR) is 59.0 cm³/mol. The van der Waals surface area contributed by atoms with Gasteiger partial charge in [-0.25, -0.2) is 0 Å². The molecule has 0 aliphatic heterocycles. The van der Waals surface area contributed by atoms with Crippen LogP contribution in [0.4, 0.5) is 11.8 Å². The zero-order chi connectivity index (χ0) is 11.1. The van der Waals surface area contributed by atoms with Crippen LogP contribution in [-0.4, -0.2) is 41.5 Å². The number of ether oxygens (including phenoxy) is 1. The fourth-order valence-corrected chi connectivity index (χ4v) is 0.989. The first-order valence-electron chi connectivity index (χ1n) is 4.91. The summed E-state index contributed by atoms with van der Waals surface area (Å²) < 4.78 is 4.92. The van der Waals surface area contributed by atoms with Gasteiger partial charge in [-0.15, -0.1) is 5.10 Å². The van der Waals surface area contributed by atoms with E-state index in [0.29, 0.717) is 31.0 Å². The Hall–Kier alpha value is -1.43. The summed E-state index contributed by atoms with van der Waals surface area (Å²) in [6.45, 7) is 5.38. The van der Waals surface area contributed by atoms with Gasteiger partial charge in [-0.1, -0.05) is 0 Å². The maximum atomic E-state index is 4.92. The fraction of sp³-hybridized carbons (Fsp3) is 0.667. The van der Waals surface area contributed by atoms with Crippen molar-refractivity contribution in [2.24, 2.45) is 0 Å². The van der Waals surface area contributed by atoms with Crippen molar-refractivity contribution in [1.82, 2.24) is 15.2 Å². The van der Waals surface area contributed by atoms with Gasteiger partial charge < -0.3 is 15.4 Å². The molecule has 0 aromatic carbocycles. The van der Waals surface area contributed by atoms with E-state index in [9.17, 15) is 0 Å². The van der Waals surface area contributed by atoms with Crippen LogP contribution in [0, 0.1) is 0 Å². The largest absolute Gasteiger partial charge is 0.383 e. The second-order valence-corrected chi connectivity index (χ2v) is 3.38. The van der Waals surface area contributed by atoms with Crippen LogP contribution >= 0.6 is 0 Å². The van der Waals surface area contributed by atoms with Crippen LogP contribution in [0.25, 0.3) is 0 Å². The summed E-state index contributed by atoms with van der Waals surface area (Å²) in [4.78, 5) is 4.23. The summed E-state index contributed by atoms with van der Waals surface area (Å²) in [5.41, 5.74) is 0. The van der Waals surface area contributed by atoms with Gasteiger partial charge in [0.15, 0.2) is 5.82 Å². The molecule has 0 bridgehead atoms. The molecule has 0 aliphatic carbocycles. The van der Waals surface area contributed by atoms with Crippen molar-refractivity contribution in [3.8, 4) is 0 Å². The first-order valence-corrected chi connectivity index (χ1v) is 4.91. The molecule has 1 heterocycles. The fourth-order valence-electron chi connectivity index (χ4n) is 0.989. The van der Waals surface area contributed by atoms with Gasteiger partial charge in [0, 0.05) is 19.7 Å². The van der Waals surface area contributed by atoms with E-state index in [1.807, 2.05) is 13.8 Å². The predicted octanol–water partition coefficient (Wildman–Crippen LogP) is 0.750. The third kappa shape index (κ3) is 4.55. The molecule has 0 aliphatic rings. The van der Waals surface area contributed by atoms with Crippen molar-refractivity contribution in [3.63, 3.8) is 0 Å². The zero-order valence-electron chi connectivity index (χ0n) is 9.32. The van der Waals surface area contributed by atoms with Crippen LogP contribution in [-0.2, 0) is 4.74 Å². The van der Waals surface area contributed by atoms with E-state index < -0.39 is 0 Å². The molecule has 0 radical (unpaired) electrons. The molecular weight excluding hydrogens is 194 g/mol. The molecule has 15 heavy (non-hydrogen) atoms. The minimum Gasteiger partial charge on any atom is -0.383 e. The van der Waals surface area contributed by atoms with Gasteiger partial charge in [-0.05, 0) is 13.8 Å². The molecule has 0 fully saturated rings. The topological polar surface area (TPSA) is 72.0 Å².